The molecule has 1 fully saturated rings. The summed E-state index contributed by atoms with van der Waals surface area (Å²) >= 11 is 6.23. The number of alkyl halides is 3. The third-order valence-corrected chi connectivity index (χ3v) is 6.83. The summed E-state index contributed by atoms with van der Waals surface area (Å²) in [6, 6.07) is 11.7. The minimum absolute atomic E-state index is 0.203. The average molecular weight is 559 g/mol. The van der Waals surface area contributed by atoms with Crippen LogP contribution in [0.3, 0.4) is 0 Å². The predicted molar refractivity (Wildman–Crippen MR) is 141 cm³/mol. The van der Waals surface area contributed by atoms with Crippen molar-refractivity contribution >= 4 is 34.4 Å². The number of anilines is 1. The van der Waals surface area contributed by atoms with Gasteiger partial charge in [-0.2, -0.15) is 18.3 Å². The number of ether oxygens (including phenoxy) is 1. The average Bonchev–Trinajstić information content (AvgIpc) is 3.07. The molecule has 0 unspecified atom stereocenters. The van der Waals surface area contributed by atoms with Crippen LogP contribution < -0.4 is 4.90 Å². The van der Waals surface area contributed by atoms with E-state index < -0.39 is 11.7 Å². The van der Waals surface area contributed by atoms with Crippen molar-refractivity contribution in [2.75, 3.05) is 38.2 Å². The number of benzene rings is 2. The number of aryl methyl sites for hydroxylation is 1. The summed E-state index contributed by atoms with van der Waals surface area (Å²) in [5.74, 6) is 0.884. The van der Waals surface area contributed by atoms with Gasteiger partial charge in [0.1, 0.15) is 12.4 Å². The number of rotatable bonds is 5. The number of hydrogen-bond donors (Lipinski definition) is 0. The summed E-state index contributed by atoms with van der Waals surface area (Å²) in [6.07, 6.45) is -3.80. The van der Waals surface area contributed by atoms with E-state index in [1.54, 1.807) is 22.8 Å². The number of carbonyl (C=O) groups is 1. The molecular formula is C27H26ClF3N6O2. The number of methoxy groups -OCH3 is 1. The van der Waals surface area contributed by atoms with Gasteiger partial charge in [-0.25, -0.2) is 14.6 Å². The molecule has 39 heavy (non-hydrogen) atoms. The summed E-state index contributed by atoms with van der Waals surface area (Å²) in [7, 11) is 1.57. The van der Waals surface area contributed by atoms with Gasteiger partial charge in [0.15, 0.2) is 11.5 Å². The smallest absolute Gasteiger partial charge is 0.377 e. The van der Waals surface area contributed by atoms with Crippen molar-refractivity contribution in [3.8, 4) is 5.69 Å². The minimum Gasteiger partial charge on any atom is -0.377 e. The summed E-state index contributed by atoms with van der Waals surface area (Å²) in [5, 5.41) is 6.10. The van der Waals surface area contributed by atoms with E-state index in [2.05, 4.69) is 4.90 Å². The maximum atomic E-state index is 13.1. The molecule has 1 aliphatic rings. The molecular weight excluding hydrogens is 533 g/mol. The molecule has 0 aliphatic carbocycles. The molecule has 5 rings (SSSR count). The Bertz CT molecular complexity index is 1510. The predicted octanol–water partition coefficient (Wildman–Crippen LogP) is 5.30. The van der Waals surface area contributed by atoms with Gasteiger partial charge in [0.05, 0.1) is 22.3 Å². The van der Waals surface area contributed by atoms with Crippen molar-refractivity contribution in [1.29, 1.82) is 0 Å². The lowest BCUT2D eigenvalue weighted by atomic mass is 10.1. The van der Waals surface area contributed by atoms with Crippen LogP contribution in [0.2, 0.25) is 5.02 Å². The summed E-state index contributed by atoms with van der Waals surface area (Å²) in [6.45, 7) is 4.05. The molecule has 0 N–H and O–H groups in total. The van der Waals surface area contributed by atoms with Crippen molar-refractivity contribution in [3.05, 3.63) is 76.2 Å². The van der Waals surface area contributed by atoms with Gasteiger partial charge < -0.3 is 14.5 Å². The molecule has 204 valence electrons. The third-order valence-electron chi connectivity index (χ3n) is 6.60. The Morgan fingerprint density at radius 2 is 1.82 bits per heavy atom. The second-order valence-electron chi connectivity index (χ2n) is 9.28. The molecule has 0 saturated carbocycles. The van der Waals surface area contributed by atoms with Gasteiger partial charge in [-0.3, -0.25) is 4.79 Å². The van der Waals surface area contributed by atoms with E-state index in [0.717, 1.165) is 28.9 Å². The number of fused-ring (bicyclic) bond motifs is 1. The first kappa shape index (κ1) is 26.9. The maximum Gasteiger partial charge on any atom is 0.416 e. The number of halogens is 4. The van der Waals surface area contributed by atoms with Crippen LogP contribution in [0.4, 0.5) is 19.0 Å². The first-order valence-electron chi connectivity index (χ1n) is 12.4. The van der Waals surface area contributed by atoms with Crippen LogP contribution in [0, 0.1) is 6.92 Å². The Morgan fingerprint density at radius 1 is 1.05 bits per heavy atom. The van der Waals surface area contributed by atoms with E-state index >= 15 is 0 Å². The second kappa shape index (κ2) is 10.8. The fourth-order valence-electron chi connectivity index (χ4n) is 4.73. The number of carbonyl (C=O) groups excluding carboxylic acids is 1. The Morgan fingerprint density at radius 3 is 2.51 bits per heavy atom. The molecule has 0 atom stereocenters. The van der Waals surface area contributed by atoms with E-state index in [1.807, 2.05) is 25.1 Å². The van der Waals surface area contributed by atoms with E-state index in [-0.39, 0.29) is 18.1 Å². The molecule has 0 bridgehead atoms. The highest BCUT2D eigenvalue weighted by atomic mass is 35.5. The molecule has 12 heteroatoms. The van der Waals surface area contributed by atoms with Crippen LogP contribution in [0.1, 0.15) is 33.9 Å². The zero-order valence-electron chi connectivity index (χ0n) is 21.4. The van der Waals surface area contributed by atoms with Gasteiger partial charge >= 0.3 is 6.18 Å². The fraction of sp³-hybridized carbons (Fsp3) is 0.333. The van der Waals surface area contributed by atoms with Crippen molar-refractivity contribution in [3.63, 3.8) is 0 Å². The number of amides is 1. The highest BCUT2D eigenvalue weighted by Gasteiger charge is 2.31. The minimum atomic E-state index is -4.45. The van der Waals surface area contributed by atoms with Crippen molar-refractivity contribution in [2.45, 2.75) is 26.1 Å². The Balaban J connectivity index is 1.44. The second-order valence-corrected chi connectivity index (χ2v) is 9.72. The molecule has 1 aliphatic heterocycles. The number of aromatic nitrogens is 4. The van der Waals surface area contributed by atoms with Gasteiger partial charge in [0.25, 0.3) is 5.91 Å². The molecule has 0 spiro atoms. The molecule has 1 saturated heterocycles. The SMILES string of the molecule is COCc1nc(N2CCCN(C(=O)c3ccc(C(F)(F)F)cc3)CC2)c2c(C)nn(-c3cccc(Cl)c3)c2n1. The summed E-state index contributed by atoms with van der Waals surface area (Å²) in [5.41, 5.74) is 1.56. The third kappa shape index (κ3) is 5.55. The summed E-state index contributed by atoms with van der Waals surface area (Å²) < 4.78 is 45.9. The lowest BCUT2D eigenvalue weighted by Gasteiger charge is -2.24. The molecule has 3 heterocycles. The standard InChI is InChI=1S/C27H26ClF3N6O2/c1-17-23-24(32-22(16-39-2)33-25(23)37(34-17)21-6-3-5-20(28)15-21)35-11-4-12-36(14-13-35)26(38)18-7-9-19(10-8-18)27(29,30)31/h3,5-10,15H,4,11-14,16H2,1-2H3. The van der Waals surface area contributed by atoms with Gasteiger partial charge in [-0.05, 0) is 55.8 Å². The molecule has 2 aromatic heterocycles. The lowest BCUT2D eigenvalue weighted by Crippen LogP contribution is -2.35. The van der Waals surface area contributed by atoms with Crippen molar-refractivity contribution in [2.24, 2.45) is 0 Å². The first-order chi connectivity index (χ1) is 18.7. The summed E-state index contributed by atoms with van der Waals surface area (Å²) in [4.78, 5) is 26.4. The molecule has 2 aromatic carbocycles. The van der Waals surface area contributed by atoms with Crippen LogP contribution >= 0.6 is 11.6 Å². The van der Waals surface area contributed by atoms with E-state index in [9.17, 15) is 18.0 Å². The monoisotopic (exact) mass is 558 g/mol. The first-order valence-corrected chi connectivity index (χ1v) is 12.8. The number of nitrogens with zero attached hydrogens (tertiary/aromatic N) is 6. The fourth-order valence-corrected chi connectivity index (χ4v) is 4.92. The van der Waals surface area contributed by atoms with Crippen LogP contribution in [0.5, 0.6) is 0 Å². The highest BCUT2D eigenvalue weighted by Crippen LogP contribution is 2.31. The van der Waals surface area contributed by atoms with E-state index in [1.165, 1.54) is 12.1 Å². The van der Waals surface area contributed by atoms with Gasteiger partial charge in [-0.15, -0.1) is 0 Å². The Kier molecular flexibility index (Phi) is 7.46. The van der Waals surface area contributed by atoms with Crippen LogP contribution in [0.25, 0.3) is 16.7 Å². The van der Waals surface area contributed by atoms with Crippen molar-refractivity contribution < 1.29 is 22.7 Å². The van der Waals surface area contributed by atoms with Gasteiger partial charge in [-0.1, -0.05) is 17.7 Å². The lowest BCUT2D eigenvalue weighted by molar-refractivity contribution is -0.137. The zero-order chi connectivity index (χ0) is 27.7. The van der Waals surface area contributed by atoms with Gasteiger partial charge in [0, 0.05) is 43.9 Å². The zero-order valence-corrected chi connectivity index (χ0v) is 22.1. The van der Waals surface area contributed by atoms with Crippen molar-refractivity contribution in [1.82, 2.24) is 24.6 Å². The number of hydrogen-bond acceptors (Lipinski definition) is 6. The molecule has 0 radical (unpaired) electrons. The topological polar surface area (TPSA) is 76.4 Å². The quantitative estimate of drug-likeness (QED) is 0.331. The molecule has 1 amide bonds. The largest absolute Gasteiger partial charge is 0.416 e. The van der Waals surface area contributed by atoms with E-state index in [4.69, 9.17) is 31.4 Å². The Labute approximate surface area is 228 Å². The molecule has 4 aromatic rings. The Hall–Kier alpha value is -3.70. The van der Waals surface area contributed by atoms with E-state index in [0.29, 0.717) is 54.9 Å². The highest BCUT2D eigenvalue weighted by molar-refractivity contribution is 6.30. The van der Waals surface area contributed by atoms with Crippen LogP contribution in [-0.2, 0) is 17.5 Å². The normalized spacial score (nSPS) is 14.6. The van der Waals surface area contributed by atoms with Crippen LogP contribution in [-0.4, -0.2) is 63.8 Å². The molecule has 8 nitrogen and oxygen atoms in total. The van der Waals surface area contributed by atoms with Crippen LogP contribution in [0.15, 0.2) is 48.5 Å². The van der Waals surface area contributed by atoms with Gasteiger partial charge in [0.2, 0.25) is 0 Å². The maximum absolute atomic E-state index is 13.1.